The summed E-state index contributed by atoms with van der Waals surface area (Å²) < 4.78 is 7.33. The van der Waals surface area contributed by atoms with Crippen molar-refractivity contribution in [1.29, 1.82) is 0 Å². The van der Waals surface area contributed by atoms with E-state index in [9.17, 15) is 14.4 Å². The fourth-order valence-electron chi connectivity index (χ4n) is 3.48. The van der Waals surface area contributed by atoms with E-state index in [1.807, 2.05) is 22.8 Å². The highest BCUT2D eigenvalue weighted by molar-refractivity contribution is 5.94. The van der Waals surface area contributed by atoms with E-state index < -0.39 is 6.09 Å². The normalized spacial score (nSPS) is 19.7. The van der Waals surface area contributed by atoms with Crippen LogP contribution in [0.4, 0.5) is 10.5 Å². The van der Waals surface area contributed by atoms with Gasteiger partial charge in [0.05, 0.1) is 19.6 Å². The molecule has 3 amide bonds. The summed E-state index contributed by atoms with van der Waals surface area (Å²) in [5.41, 5.74) is 2.80. The third kappa shape index (κ3) is 2.77. The van der Waals surface area contributed by atoms with Crippen LogP contribution in [-0.2, 0) is 27.4 Å². The third-order valence-corrected chi connectivity index (χ3v) is 4.85. The second-order valence-electron chi connectivity index (χ2n) is 6.77. The molecular weight excluding hydrogens is 336 g/mol. The molecular formula is C18H20N4O4. The van der Waals surface area contributed by atoms with Gasteiger partial charge in [-0.1, -0.05) is 0 Å². The number of aromatic nitrogens is 1. The summed E-state index contributed by atoms with van der Waals surface area (Å²) >= 11 is 0. The lowest BCUT2D eigenvalue weighted by Gasteiger charge is -2.25. The Hall–Kier alpha value is -3.03. The Labute approximate surface area is 150 Å². The molecule has 1 aromatic carbocycles. The lowest BCUT2D eigenvalue weighted by atomic mass is 10.2. The molecule has 2 aliphatic rings. The molecule has 0 spiro atoms. The monoisotopic (exact) mass is 356 g/mol. The van der Waals surface area contributed by atoms with Gasteiger partial charge in [-0.3, -0.25) is 14.5 Å². The molecule has 0 bridgehead atoms. The van der Waals surface area contributed by atoms with E-state index in [-0.39, 0.29) is 17.9 Å². The maximum Gasteiger partial charge on any atom is 0.414 e. The topological polar surface area (TPSA) is 83.9 Å². The highest BCUT2D eigenvalue weighted by atomic mass is 16.6. The number of hydrogen-bond acceptors (Lipinski definition) is 4. The molecule has 0 saturated carbocycles. The highest BCUT2D eigenvalue weighted by Gasteiger charge is 2.32. The average molecular weight is 356 g/mol. The van der Waals surface area contributed by atoms with Crippen LogP contribution in [0.3, 0.4) is 0 Å². The number of hydrogen-bond donors (Lipinski definition) is 1. The van der Waals surface area contributed by atoms with Gasteiger partial charge >= 0.3 is 6.09 Å². The van der Waals surface area contributed by atoms with Crippen LogP contribution in [0.5, 0.6) is 0 Å². The number of rotatable bonds is 3. The molecule has 3 heterocycles. The van der Waals surface area contributed by atoms with Crippen molar-refractivity contribution in [3.8, 4) is 0 Å². The van der Waals surface area contributed by atoms with Crippen LogP contribution in [0.2, 0.25) is 0 Å². The number of anilines is 1. The van der Waals surface area contributed by atoms with Crippen molar-refractivity contribution >= 4 is 34.5 Å². The van der Waals surface area contributed by atoms with Crippen molar-refractivity contribution in [3.05, 3.63) is 30.0 Å². The van der Waals surface area contributed by atoms with E-state index in [1.54, 1.807) is 16.8 Å². The van der Waals surface area contributed by atoms with Crippen LogP contribution >= 0.6 is 0 Å². The van der Waals surface area contributed by atoms with Gasteiger partial charge in [0.25, 0.3) is 0 Å². The summed E-state index contributed by atoms with van der Waals surface area (Å²) in [7, 11) is 1.80. The van der Waals surface area contributed by atoms with E-state index >= 15 is 0 Å². The quantitative estimate of drug-likeness (QED) is 0.892. The maximum atomic E-state index is 12.2. The van der Waals surface area contributed by atoms with E-state index in [2.05, 4.69) is 11.4 Å². The van der Waals surface area contributed by atoms with Gasteiger partial charge in [-0.15, -0.1) is 0 Å². The van der Waals surface area contributed by atoms with Gasteiger partial charge in [0, 0.05) is 36.3 Å². The van der Waals surface area contributed by atoms with Crippen LogP contribution in [0, 0.1) is 0 Å². The van der Waals surface area contributed by atoms with E-state index in [1.165, 1.54) is 6.92 Å². The Morgan fingerprint density at radius 3 is 2.85 bits per heavy atom. The lowest BCUT2D eigenvalue weighted by molar-refractivity contribution is -0.132. The summed E-state index contributed by atoms with van der Waals surface area (Å²) in [6.45, 7) is 3.03. The lowest BCUT2D eigenvalue weighted by Crippen LogP contribution is -2.35. The predicted octanol–water partition coefficient (Wildman–Crippen LogP) is 1.07. The molecule has 0 unspecified atom stereocenters. The zero-order chi connectivity index (χ0) is 18.4. The predicted molar refractivity (Wildman–Crippen MR) is 94.7 cm³/mol. The molecule has 1 N–H and O–H groups in total. The van der Waals surface area contributed by atoms with Gasteiger partial charge in [0.2, 0.25) is 11.8 Å². The Morgan fingerprint density at radius 1 is 1.27 bits per heavy atom. The molecule has 8 nitrogen and oxygen atoms in total. The van der Waals surface area contributed by atoms with Crippen LogP contribution in [-0.4, -0.2) is 53.6 Å². The van der Waals surface area contributed by atoms with Gasteiger partial charge in [-0.25, -0.2) is 4.79 Å². The Kier molecular flexibility index (Phi) is 3.82. The van der Waals surface area contributed by atoms with Crippen LogP contribution < -0.4 is 10.2 Å². The fourth-order valence-corrected chi connectivity index (χ4v) is 3.48. The molecule has 8 heteroatoms. The Bertz CT molecular complexity index is 919. The number of cyclic esters (lactones) is 1. The zero-order valence-corrected chi connectivity index (χ0v) is 14.7. The fraction of sp³-hybridized carbons (Fsp3) is 0.389. The molecule has 0 radical (unpaired) electrons. The second kappa shape index (κ2) is 6.05. The van der Waals surface area contributed by atoms with Crippen molar-refractivity contribution in [3.63, 3.8) is 0 Å². The summed E-state index contributed by atoms with van der Waals surface area (Å²) in [5.74, 6) is -0.0668. The van der Waals surface area contributed by atoms with Crippen LogP contribution in [0.15, 0.2) is 24.3 Å². The number of nitrogens with one attached hydrogen (secondary N) is 1. The van der Waals surface area contributed by atoms with Crippen molar-refractivity contribution < 1.29 is 19.1 Å². The molecule has 26 heavy (non-hydrogen) atoms. The first-order valence-corrected chi connectivity index (χ1v) is 8.51. The SMILES string of the molecule is CC(=O)NC[C@H]1CN(c2ccc3c(c2)cc2n3CC(=O)N(C)C2)C(=O)O1. The first-order chi connectivity index (χ1) is 12.4. The molecule has 1 aromatic heterocycles. The van der Waals surface area contributed by atoms with Crippen LogP contribution in [0.1, 0.15) is 12.6 Å². The van der Waals surface area contributed by atoms with E-state index in [0.29, 0.717) is 26.2 Å². The molecule has 136 valence electrons. The number of ether oxygens (including phenoxy) is 1. The van der Waals surface area contributed by atoms with Crippen molar-refractivity contribution in [2.75, 3.05) is 25.0 Å². The first kappa shape index (κ1) is 16.4. The minimum atomic E-state index is -0.418. The Balaban J connectivity index is 1.59. The van der Waals surface area contributed by atoms with E-state index in [0.717, 1.165) is 22.3 Å². The molecule has 2 aromatic rings. The minimum absolute atomic E-state index is 0.0861. The number of amides is 3. The summed E-state index contributed by atoms with van der Waals surface area (Å²) in [6, 6.07) is 7.78. The minimum Gasteiger partial charge on any atom is -0.442 e. The number of fused-ring (bicyclic) bond motifs is 3. The van der Waals surface area contributed by atoms with Crippen molar-refractivity contribution in [2.24, 2.45) is 0 Å². The zero-order valence-electron chi connectivity index (χ0n) is 14.7. The number of benzene rings is 1. The molecule has 1 saturated heterocycles. The maximum absolute atomic E-state index is 12.2. The number of nitrogens with zero attached hydrogens (tertiary/aromatic N) is 3. The molecule has 4 rings (SSSR count). The summed E-state index contributed by atoms with van der Waals surface area (Å²) in [6.07, 6.45) is -0.783. The van der Waals surface area contributed by atoms with E-state index in [4.69, 9.17) is 4.74 Å². The van der Waals surface area contributed by atoms with Crippen molar-refractivity contribution in [1.82, 2.24) is 14.8 Å². The van der Waals surface area contributed by atoms with Gasteiger partial charge in [0.1, 0.15) is 12.6 Å². The average Bonchev–Trinajstić information content (AvgIpc) is 3.13. The highest BCUT2D eigenvalue weighted by Crippen LogP contribution is 2.30. The molecule has 1 fully saturated rings. The number of likely N-dealkylation sites (N-methyl/N-ethyl adjacent to an activating group) is 1. The Morgan fingerprint density at radius 2 is 2.08 bits per heavy atom. The standard InChI is InChI=1S/C18H20N4O4/c1-11(23)19-7-15-9-22(18(25)26-15)13-3-4-16-12(5-13)6-14-8-20(2)17(24)10-21(14)16/h3-6,15H,7-10H2,1-2H3,(H,19,23)/t15-/m0/s1. The summed E-state index contributed by atoms with van der Waals surface area (Å²) in [4.78, 5) is 38.5. The molecule has 2 aliphatic heterocycles. The van der Waals surface area contributed by atoms with Gasteiger partial charge in [-0.2, -0.15) is 0 Å². The molecule has 1 atom stereocenters. The second-order valence-corrected chi connectivity index (χ2v) is 6.77. The number of carbonyl (C=O) groups is 3. The third-order valence-electron chi connectivity index (χ3n) is 4.85. The first-order valence-electron chi connectivity index (χ1n) is 8.51. The van der Waals surface area contributed by atoms with Gasteiger partial charge in [-0.05, 0) is 24.3 Å². The molecule has 0 aliphatic carbocycles. The van der Waals surface area contributed by atoms with Gasteiger partial charge < -0.3 is 19.5 Å². The smallest absolute Gasteiger partial charge is 0.414 e. The largest absolute Gasteiger partial charge is 0.442 e. The number of carbonyl (C=O) groups excluding carboxylic acids is 3. The van der Waals surface area contributed by atoms with Gasteiger partial charge in [0.15, 0.2) is 0 Å². The van der Waals surface area contributed by atoms with Crippen molar-refractivity contribution in [2.45, 2.75) is 26.1 Å². The summed E-state index contributed by atoms with van der Waals surface area (Å²) in [5, 5.41) is 3.65. The van der Waals surface area contributed by atoms with Crippen LogP contribution in [0.25, 0.3) is 10.9 Å².